The van der Waals surface area contributed by atoms with Gasteiger partial charge in [-0.1, -0.05) is 0 Å². The molecule has 1 aliphatic carbocycles. The van der Waals surface area contributed by atoms with Gasteiger partial charge in [0.05, 0.1) is 12.2 Å². The minimum absolute atomic E-state index is 0.280. The van der Waals surface area contributed by atoms with Crippen LogP contribution in [0.1, 0.15) is 51.9 Å². The van der Waals surface area contributed by atoms with Gasteiger partial charge in [0.15, 0.2) is 0 Å². The molecule has 3 heteroatoms. The van der Waals surface area contributed by atoms with Gasteiger partial charge in [0.2, 0.25) is 0 Å². The number of ketones is 1. The number of hydrogen-bond donors (Lipinski definition) is 0. The molecular weight excluding hydrogens is 240 g/mol. The Hall–Kier alpha value is -0.410. The van der Waals surface area contributed by atoms with Crippen LogP contribution >= 0.6 is 0 Å². The second-order valence-electron chi connectivity index (χ2n) is 6.72. The van der Waals surface area contributed by atoms with Crippen LogP contribution in [0.3, 0.4) is 0 Å². The number of ether oxygens (including phenoxy) is 2. The van der Waals surface area contributed by atoms with Crippen molar-refractivity contribution in [1.82, 2.24) is 0 Å². The van der Waals surface area contributed by atoms with Crippen LogP contribution in [0.2, 0.25) is 0 Å². The predicted molar refractivity (Wildman–Crippen MR) is 73.0 cm³/mol. The lowest BCUT2D eigenvalue weighted by atomic mass is 9.89. The van der Waals surface area contributed by atoms with E-state index >= 15 is 0 Å². The number of carbonyl (C=O) groups is 1. The zero-order chi connectivity index (χ0) is 13.2. The van der Waals surface area contributed by atoms with Crippen molar-refractivity contribution < 1.29 is 14.3 Å². The minimum Gasteiger partial charge on any atom is -0.381 e. The van der Waals surface area contributed by atoms with Crippen molar-refractivity contribution in [3.63, 3.8) is 0 Å². The molecule has 0 amide bonds. The van der Waals surface area contributed by atoms with Crippen molar-refractivity contribution in [2.24, 2.45) is 17.8 Å². The summed E-state index contributed by atoms with van der Waals surface area (Å²) in [4.78, 5) is 12.5. The Morgan fingerprint density at radius 3 is 2.47 bits per heavy atom. The first-order valence-electron chi connectivity index (χ1n) is 7.99. The van der Waals surface area contributed by atoms with Gasteiger partial charge >= 0.3 is 0 Å². The quantitative estimate of drug-likeness (QED) is 0.784. The van der Waals surface area contributed by atoms with Crippen molar-refractivity contribution in [2.45, 2.75) is 64.1 Å². The standard InChI is InChI=1S/C16H26O3/c1-11-2-5-15(19-11)9-14-4-3-13(16(14)17)8-12-6-7-18-10-12/h11-15H,2-10H2,1H3. The van der Waals surface area contributed by atoms with E-state index in [4.69, 9.17) is 9.47 Å². The van der Waals surface area contributed by atoms with Crippen LogP contribution in [0.15, 0.2) is 0 Å². The Kier molecular flexibility index (Phi) is 4.23. The topological polar surface area (TPSA) is 35.5 Å². The number of rotatable bonds is 4. The molecule has 108 valence electrons. The third kappa shape index (κ3) is 3.19. The van der Waals surface area contributed by atoms with Crippen molar-refractivity contribution in [3.8, 4) is 0 Å². The molecule has 3 nitrogen and oxygen atoms in total. The molecule has 0 bridgehead atoms. The fourth-order valence-electron chi connectivity index (χ4n) is 4.04. The summed E-state index contributed by atoms with van der Waals surface area (Å²) in [5.74, 6) is 1.75. The lowest BCUT2D eigenvalue weighted by molar-refractivity contribution is -0.125. The molecule has 5 unspecified atom stereocenters. The SMILES string of the molecule is CC1CCC(CC2CCC(CC3CCOC3)C2=O)O1. The van der Waals surface area contributed by atoms with E-state index in [9.17, 15) is 4.79 Å². The fraction of sp³-hybridized carbons (Fsp3) is 0.938. The molecule has 0 aromatic rings. The summed E-state index contributed by atoms with van der Waals surface area (Å²) in [6.07, 6.45) is 8.43. The number of Topliss-reactive ketones (excluding diaryl/α,β-unsaturated/α-hetero) is 1. The second kappa shape index (κ2) is 5.92. The van der Waals surface area contributed by atoms with Gasteiger partial charge in [-0.2, -0.15) is 0 Å². The summed E-state index contributed by atoms with van der Waals surface area (Å²) in [6.45, 7) is 3.90. The Bertz CT molecular complexity index is 322. The smallest absolute Gasteiger partial charge is 0.139 e. The molecular formula is C16H26O3. The fourth-order valence-corrected chi connectivity index (χ4v) is 4.04. The summed E-state index contributed by atoms with van der Waals surface area (Å²) in [7, 11) is 0. The van der Waals surface area contributed by atoms with Gasteiger partial charge in [-0.05, 0) is 57.8 Å². The Morgan fingerprint density at radius 1 is 1.05 bits per heavy atom. The first kappa shape index (κ1) is 13.6. The predicted octanol–water partition coefficient (Wildman–Crippen LogP) is 2.97. The molecule has 3 fully saturated rings. The molecule has 1 saturated carbocycles. The third-order valence-electron chi connectivity index (χ3n) is 5.18. The molecule has 19 heavy (non-hydrogen) atoms. The molecule has 2 heterocycles. The van der Waals surface area contributed by atoms with Gasteiger partial charge in [0.25, 0.3) is 0 Å². The van der Waals surface area contributed by atoms with E-state index in [1.165, 1.54) is 0 Å². The van der Waals surface area contributed by atoms with Crippen molar-refractivity contribution in [3.05, 3.63) is 0 Å². The van der Waals surface area contributed by atoms with Gasteiger partial charge in [-0.25, -0.2) is 0 Å². The Balaban J connectivity index is 1.47. The third-order valence-corrected chi connectivity index (χ3v) is 5.18. The maximum absolute atomic E-state index is 12.5. The molecule has 0 spiro atoms. The first-order valence-corrected chi connectivity index (χ1v) is 7.99. The summed E-state index contributed by atoms with van der Waals surface area (Å²) in [6, 6.07) is 0. The second-order valence-corrected chi connectivity index (χ2v) is 6.72. The lowest BCUT2D eigenvalue weighted by Crippen LogP contribution is -2.21. The summed E-state index contributed by atoms with van der Waals surface area (Å²) >= 11 is 0. The highest BCUT2D eigenvalue weighted by Crippen LogP contribution is 2.37. The molecule has 5 atom stereocenters. The van der Waals surface area contributed by atoms with Crippen LogP contribution in [-0.4, -0.2) is 31.2 Å². The van der Waals surface area contributed by atoms with Gasteiger partial charge in [0, 0.05) is 25.0 Å². The lowest BCUT2D eigenvalue weighted by Gasteiger charge is -2.17. The monoisotopic (exact) mass is 266 g/mol. The summed E-state index contributed by atoms with van der Waals surface area (Å²) in [5.41, 5.74) is 0. The highest BCUT2D eigenvalue weighted by Gasteiger charge is 2.38. The maximum Gasteiger partial charge on any atom is 0.139 e. The van der Waals surface area contributed by atoms with Gasteiger partial charge in [-0.3, -0.25) is 4.79 Å². The van der Waals surface area contributed by atoms with Crippen LogP contribution < -0.4 is 0 Å². The highest BCUT2D eigenvalue weighted by molar-refractivity contribution is 5.85. The minimum atomic E-state index is 0.280. The van der Waals surface area contributed by atoms with Crippen molar-refractivity contribution >= 4 is 5.78 Å². The molecule has 2 saturated heterocycles. The molecule has 0 aromatic heterocycles. The van der Waals surface area contributed by atoms with Crippen LogP contribution in [0.5, 0.6) is 0 Å². The van der Waals surface area contributed by atoms with E-state index in [0.29, 0.717) is 29.8 Å². The zero-order valence-corrected chi connectivity index (χ0v) is 12.0. The number of carbonyl (C=O) groups excluding carboxylic acids is 1. The molecule has 3 aliphatic rings. The average Bonchev–Trinajstić information content (AvgIpc) is 3.09. The van der Waals surface area contributed by atoms with Crippen LogP contribution in [-0.2, 0) is 14.3 Å². The average molecular weight is 266 g/mol. The highest BCUT2D eigenvalue weighted by atomic mass is 16.5. The van der Waals surface area contributed by atoms with Crippen molar-refractivity contribution in [2.75, 3.05) is 13.2 Å². The molecule has 3 rings (SSSR count). The molecule has 0 N–H and O–H groups in total. The van der Waals surface area contributed by atoms with E-state index in [1.807, 2.05) is 0 Å². The molecule has 0 aromatic carbocycles. The largest absolute Gasteiger partial charge is 0.381 e. The number of hydrogen-bond acceptors (Lipinski definition) is 3. The summed E-state index contributed by atoms with van der Waals surface area (Å²) in [5, 5.41) is 0. The maximum atomic E-state index is 12.5. The normalized spacial score (nSPS) is 43.2. The van der Waals surface area contributed by atoms with E-state index < -0.39 is 0 Å². The van der Waals surface area contributed by atoms with E-state index in [2.05, 4.69) is 6.92 Å². The molecule has 0 radical (unpaired) electrons. The van der Waals surface area contributed by atoms with Crippen LogP contribution in [0.4, 0.5) is 0 Å². The van der Waals surface area contributed by atoms with E-state index in [1.54, 1.807) is 0 Å². The zero-order valence-electron chi connectivity index (χ0n) is 12.0. The first-order chi connectivity index (χ1) is 9.22. The molecule has 2 aliphatic heterocycles. The van der Waals surface area contributed by atoms with Gasteiger partial charge in [0.1, 0.15) is 5.78 Å². The van der Waals surface area contributed by atoms with E-state index in [0.717, 1.165) is 58.2 Å². The van der Waals surface area contributed by atoms with Crippen molar-refractivity contribution in [1.29, 1.82) is 0 Å². The van der Waals surface area contributed by atoms with Crippen LogP contribution in [0, 0.1) is 17.8 Å². The summed E-state index contributed by atoms with van der Waals surface area (Å²) < 4.78 is 11.3. The van der Waals surface area contributed by atoms with Gasteiger partial charge in [-0.15, -0.1) is 0 Å². The van der Waals surface area contributed by atoms with Crippen LogP contribution in [0.25, 0.3) is 0 Å². The van der Waals surface area contributed by atoms with E-state index in [-0.39, 0.29) is 5.92 Å². The van der Waals surface area contributed by atoms with Gasteiger partial charge < -0.3 is 9.47 Å². The Labute approximate surface area is 116 Å². The Morgan fingerprint density at radius 2 is 1.84 bits per heavy atom.